The van der Waals surface area contributed by atoms with Gasteiger partial charge in [-0.05, 0) is 65.2 Å². The van der Waals surface area contributed by atoms with Crippen molar-refractivity contribution in [3.63, 3.8) is 0 Å². The highest BCUT2D eigenvalue weighted by Crippen LogP contribution is 2.47. The molecule has 2 amide bonds. The van der Waals surface area contributed by atoms with Crippen LogP contribution in [0, 0.1) is 25.7 Å². The predicted molar refractivity (Wildman–Crippen MR) is 152 cm³/mol. The van der Waals surface area contributed by atoms with E-state index >= 15 is 0 Å². The number of esters is 1. The Hall–Kier alpha value is -3.65. The first-order valence-corrected chi connectivity index (χ1v) is 13.6. The molecule has 1 fully saturated rings. The molecule has 1 heterocycles. The second-order valence-corrected chi connectivity index (χ2v) is 10.8. The zero-order valence-electron chi connectivity index (χ0n) is 22.7. The predicted octanol–water partition coefficient (Wildman–Crippen LogP) is 5.38. The van der Waals surface area contributed by atoms with E-state index in [1.807, 2.05) is 69.3 Å². The van der Waals surface area contributed by atoms with Crippen LogP contribution < -0.4 is 10.1 Å². The number of hydrogen-bond acceptors (Lipinski definition) is 5. The quantitative estimate of drug-likeness (QED) is 0.372. The minimum absolute atomic E-state index is 0.302. The molecule has 4 unspecified atom stereocenters. The molecular weight excluding hydrogens is 560 g/mol. The molecular formula is C31H33BrN2O5. The van der Waals surface area contributed by atoms with Gasteiger partial charge >= 0.3 is 5.97 Å². The molecule has 1 aliphatic rings. The lowest BCUT2D eigenvalue weighted by Gasteiger charge is -2.31. The molecule has 0 bridgehead atoms. The molecule has 4 rings (SSSR count). The monoisotopic (exact) mass is 592 g/mol. The second-order valence-electron chi connectivity index (χ2n) is 9.97. The van der Waals surface area contributed by atoms with Crippen molar-refractivity contribution in [2.45, 2.75) is 39.4 Å². The molecule has 0 radical (unpaired) electrons. The minimum atomic E-state index is -0.903. The fourth-order valence-electron chi connectivity index (χ4n) is 5.26. The van der Waals surface area contributed by atoms with Gasteiger partial charge in [0.05, 0.1) is 30.7 Å². The highest BCUT2D eigenvalue weighted by Gasteiger charge is 2.55. The zero-order chi connectivity index (χ0) is 28.3. The van der Waals surface area contributed by atoms with Gasteiger partial charge in [-0.3, -0.25) is 14.4 Å². The van der Waals surface area contributed by atoms with Gasteiger partial charge in [0.2, 0.25) is 5.91 Å². The minimum Gasteiger partial charge on any atom is -0.496 e. The van der Waals surface area contributed by atoms with Gasteiger partial charge in [-0.15, -0.1) is 0 Å². The highest BCUT2D eigenvalue weighted by atomic mass is 79.9. The average Bonchev–Trinajstić information content (AvgIpc) is 3.24. The third-order valence-corrected chi connectivity index (χ3v) is 8.00. The van der Waals surface area contributed by atoms with E-state index in [0.717, 1.165) is 16.7 Å². The van der Waals surface area contributed by atoms with Crippen LogP contribution in [-0.2, 0) is 20.9 Å². The van der Waals surface area contributed by atoms with E-state index in [1.165, 1.54) is 7.11 Å². The van der Waals surface area contributed by atoms with Crippen molar-refractivity contribution in [3.05, 3.63) is 99.0 Å². The fourth-order valence-corrected chi connectivity index (χ4v) is 5.82. The Balaban J connectivity index is 1.79. The van der Waals surface area contributed by atoms with Crippen LogP contribution in [0.25, 0.3) is 0 Å². The molecule has 0 saturated carbocycles. The van der Waals surface area contributed by atoms with Gasteiger partial charge in [0, 0.05) is 18.0 Å². The van der Waals surface area contributed by atoms with E-state index in [9.17, 15) is 14.4 Å². The lowest BCUT2D eigenvalue weighted by atomic mass is 9.85. The van der Waals surface area contributed by atoms with Crippen LogP contribution in [0.5, 0.6) is 5.75 Å². The molecule has 1 N–H and O–H groups in total. The summed E-state index contributed by atoms with van der Waals surface area (Å²) in [7, 11) is 2.89. The number of nitrogens with zero attached hydrogens (tertiary/aromatic N) is 1. The van der Waals surface area contributed by atoms with Gasteiger partial charge in [0.25, 0.3) is 5.91 Å². The van der Waals surface area contributed by atoms with Crippen molar-refractivity contribution in [3.8, 4) is 5.75 Å². The summed E-state index contributed by atoms with van der Waals surface area (Å²) in [5.74, 6) is -1.80. The van der Waals surface area contributed by atoms with E-state index in [-0.39, 0.29) is 11.8 Å². The van der Waals surface area contributed by atoms with Gasteiger partial charge < -0.3 is 19.7 Å². The largest absolute Gasteiger partial charge is 0.496 e. The Kier molecular flexibility index (Phi) is 8.75. The van der Waals surface area contributed by atoms with Gasteiger partial charge in [-0.25, -0.2) is 0 Å². The van der Waals surface area contributed by atoms with Gasteiger partial charge in [0.15, 0.2) is 0 Å². The molecule has 7 nitrogen and oxygen atoms in total. The number of halogens is 1. The summed E-state index contributed by atoms with van der Waals surface area (Å²) < 4.78 is 11.3. The first-order valence-electron chi connectivity index (χ1n) is 12.8. The van der Waals surface area contributed by atoms with Crippen LogP contribution in [0.1, 0.15) is 45.6 Å². The first kappa shape index (κ1) is 28.4. The summed E-state index contributed by atoms with van der Waals surface area (Å²) in [4.78, 5) is 42.7. The van der Waals surface area contributed by atoms with E-state index in [4.69, 9.17) is 9.47 Å². The normalized spacial score (nSPS) is 20.4. The molecule has 204 valence electrons. The molecule has 0 spiro atoms. The molecule has 0 aliphatic carbocycles. The molecule has 4 atom stereocenters. The summed E-state index contributed by atoms with van der Waals surface area (Å²) >= 11 is 3.53. The van der Waals surface area contributed by atoms with Gasteiger partial charge in [0.1, 0.15) is 11.8 Å². The van der Waals surface area contributed by atoms with Crippen molar-refractivity contribution in [2.75, 3.05) is 14.2 Å². The van der Waals surface area contributed by atoms with Gasteiger partial charge in [-0.2, -0.15) is 0 Å². The van der Waals surface area contributed by atoms with Crippen molar-refractivity contribution < 1.29 is 23.9 Å². The third kappa shape index (κ3) is 5.86. The van der Waals surface area contributed by atoms with Crippen LogP contribution in [0.4, 0.5) is 0 Å². The number of carbonyl (C=O) groups is 3. The molecule has 3 aromatic rings. The van der Waals surface area contributed by atoms with E-state index in [2.05, 4.69) is 21.2 Å². The smallest absolute Gasteiger partial charge is 0.311 e. The Morgan fingerprint density at radius 2 is 1.54 bits per heavy atom. The van der Waals surface area contributed by atoms with E-state index < -0.39 is 29.9 Å². The summed E-state index contributed by atoms with van der Waals surface area (Å²) in [6, 6.07) is 18.9. The molecule has 1 saturated heterocycles. The van der Waals surface area contributed by atoms with E-state index in [1.54, 1.807) is 30.2 Å². The zero-order valence-corrected chi connectivity index (χ0v) is 24.3. The average molecular weight is 594 g/mol. The molecule has 3 aromatic carbocycles. The molecule has 0 aromatic heterocycles. The fraction of sp³-hybridized carbons (Fsp3) is 0.323. The SMILES string of the molecule is COC(=O)C1C(C)C(C(=O)NCc2ccc(C)cc2)N(C(=O)c2ccc(C)cc2)C1c1ccc(OC)c(Br)c1. The number of benzene rings is 3. The summed E-state index contributed by atoms with van der Waals surface area (Å²) in [5, 5.41) is 3.00. The summed E-state index contributed by atoms with van der Waals surface area (Å²) in [5.41, 5.74) is 4.21. The molecule has 39 heavy (non-hydrogen) atoms. The third-order valence-electron chi connectivity index (χ3n) is 7.38. The molecule has 1 aliphatic heterocycles. The van der Waals surface area contributed by atoms with Crippen LogP contribution in [-0.4, -0.2) is 42.9 Å². The highest BCUT2D eigenvalue weighted by molar-refractivity contribution is 9.10. The first-order chi connectivity index (χ1) is 18.7. The van der Waals surface area contributed by atoms with Crippen molar-refractivity contribution in [1.29, 1.82) is 0 Å². The Bertz CT molecular complexity index is 1360. The maximum Gasteiger partial charge on any atom is 0.311 e. The maximum absolute atomic E-state index is 14.1. The van der Waals surface area contributed by atoms with Gasteiger partial charge in [-0.1, -0.05) is 60.5 Å². The number of aryl methyl sites for hydroxylation is 2. The lowest BCUT2D eigenvalue weighted by Crippen LogP contribution is -2.48. The maximum atomic E-state index is 14.1. The Morgan fingerprint density at radius 1 is 0.923 bits per heavy atom. The topological polar surface area (TPSA) is 84.9 Å². The van der Waals surface area contributed by atoms with Crippen molar-refractivity contribution in [2.24, 2.45) is 11.8 Å². The molecule has 8 heteroatoms. The van der Waals surface area contributed by atoms with Crippen LogP contribution in [0.3, 0.4) is 0 Å². The number of likely N-dealkylation sites (tertiary alicyclic amines) is 1. The number of rotatable bonds is 7. The van der Waals surface area contributed by atoms with Crippen molar-refractivity contribution in [1.82, 2.24) is 10.2 Å². The number of ether oxygens (including phenoxy) is 2. The summed E-state index contributed by atoms with van der Waals surface area (Å²) in [6.07, 6.45) is 0. The van der Waals surface area contributed by atoms with E-state index in [0.29, 0.717) is 27.9 Å². The number of nitrogens with one attached hydrogen (secondary N) is 1. The lowest BCUT2D eigenvalue weighted by molar-refractivity contribution is -0.147. The Morgan fingerprint density at radius 3 is 2.10 bits per heavy atom. The Labute approximate surface area is 237 Å². The van der Waals surface area contributed by atoms with Crippen LogP contribution >= 0.6 is 15.9 Å². The second kappa shape index (κ2) is 12.0. The number of carbonyl (C=O) groups excluding carboxylic acids is 3. The number of amides is 2. The summed E-state index contributed by atoms with van der Waals surface area (Å²) in [6.45, 7) is 6.07. The van der Waals surface area contributed by atoms with Crippen LogP contribution in [0.15, 0.2) is 71.2 Å². The standard InChI is InChI=1S/C31H33BrN2O5/c1-18-6-10-21(11-7-18)17-33-29(35)27-20(3)26(31(37)39-5)28(23-14-15-25(38-4)24(32)16-23)34(27)30(36)22-12-8-19(2)9-13-22/h6-16,20,26-28H,17H2,1-5H3,(H,33,35). The number of methoxy groups -OCH3 is 2. The number of hydrogen-bond donors (Lipinski definition) is 1. The van der Waals surface area contributed by atoms with Crippen molar-refractivity contribution >= 4 is 33.7 Å². The van der Waals surface area contributed by atoms with Crippen LogP contribution in [0.2, 0.25) is 0 Å².